The number of nitrogens with zero attached hydrogens (tertiary/aromatic N) is 3. The van der Waals surface area contributed by atoms with Gasteiger partial charge >= 0.3 is 0 Å². The van der Waals surface area contributed by atoms with E-state index in [1.54, 1.807) is 9.80 Å². The van der Waals surface area contributed by atoms with Crippen molar-refractivity contribution in [3.8, 4) is 16.3 Å². The zero-order valence-corrected chi connectivity index (χ0v) is 18.6. The van der Waals surface area contributed by atoms with E-state index in [0.29, 0.717) is 38.3 Å². The third kappa shape index (κ3) is 4.96. The number of ether oxygens (including phenoxy) is 1. The van der Waals surface area contributed by atoms with Crippen LogP contribution in [0.1, 0.15) is 23.0 Å². The lowest BCUT2D eigenvalue weighted by atomic mass is 10.1. The fourth-order valence-electron chi connectivity index (χ4n) is 3.64. The van der Waals surface area contributed by atoms with E-state index in [2.05, 4.69) is 4.98 Å². The number of aromatic nitrogens is 1. The van der Waals surface area contributed by atoms with Crippen molar-refractivity contribution >= 4 is 23.2 Å². The molecule has 32 heavy (non-hydrogen) atoms. The second-order valence-corrected chi connectivity index (χ2v) is 8.29. The summed E-state index contributed by atoms with van der Waals surface area (Å²) in [6, 6.07) is 13.3. The van der Waals surface area contributed by atoms with Crippen LogP contribution in [0.15, 0.2) is 53.9 Å². The van der Waals surface area contributed by atoms with E-state index in [9.17, 15) is 14.0 Å². The first-order chi connectivity index (χ1) is 15.5. The first kappa shape index (κ1) is 22.0. The van der Waals surface area contributed by atoms with Crippen molar-refractivity contribution in [2.45, 2.75) is 13.3 Å². The fraction of sp³-hybridized carbons (Fsp3) is 0.292. The van der Waals surface area contributed by atoms with Gasteiger partial charge in [-0.25, -0.2) is 9.37 Å². The van der Waals surface area contributed by atoms with E-state index in [1.807, 2.05) is 36.6 Å². The highest BCUT2D eigenvalue weighted by atomic mass is 32.1. The predicted octanol–water partition coefficient (Wildman–Crippen LogP) is 3.88. The summed E-state index contributed by atoms with van der Waals surface area (Å²) in [5, 5.41) is 2.73. The van der Waals surface area contributed by atoms with Gasteiger partial charge in [-0.2, -0.15) is 0 Å². The van der Waals surface area contributed by atoms with Crippen LogP contribution >= 0.6 is 11.3 Å². The summed E-state index contributed by atoms with van der Waals surface area (Å²) in [5.74, 6) is 0.260. The van der Waals surface area contributed by atoms with Crippen LogP contribution in [0.4, 0.5) is 4.39 Å². The molecule has 4 rings (SSSR count). The molecule has 0 unspecified atom stereocenters. The van der Waals surface area contributed by atoms with E-state index < -0.39 is 0 Å². The van der Waals surface area contributed by atoms with Crippen molar-refractivity contribution < 1.29 is 18.7 Å². The SMILES string of the molecule is CCOc1ccccc1-c1nc(CC(=O)N2CCN(C(=O)c3ccc(F)cc3)CC2)cs1. The fourth-order valence-corrected chi connectivity index (χ4v) is 4.49. The molecule has 1 aliphatic rings. The van der Waals surface area contributed by atoms with Crippen LogP contribution in [0.25, 0.3) is 10.6 Å². The quantitative estimate of drug-likeness (QED) is 0.568. The third-order valence-corrected chi connectivity index (χ3v) is 6.24. The van der Waals surface area contributed by atoms with E-state index in [0.717, 1.165) is 22.0 Å². The van der Waals surface area contributed by atoms with Crippen LogP contribution in [0.5, 0.6) is 5.75 Å². The maximum absolute atomic E-state index is 13.1. The van der Waals surface area contributed by atoms with E-state index in [4.69, 9.17) is 4.74 Å². The number of halogens is 1. The molecule has 166 valence electrons. The molecule has 2 heterocycles. The Labute approximate surface area is 190 Å². The summed E-state index contributed by atoms with van der Waals surface area (Å²) in [7, 11) is 0. The largest absolute Gasteiger partial charge is 0.493 e. The monoisotopic (exact) mass is 453 g/mol. The van der Waals surface area contributed by atoms with Crippen molar-refractivity contribution in [2.75, 3.05) is 32.8 Å². The molecule has 6 nitrogen and oxygen atoms in total. The van der Waals surface area contributed by atoms with Crippen molar-refractivity contribution in [1.82, 2.24) is 14.8 Å². The number of carbonyl (C=O) groups is 2. The van der Waals surface area contributed by atoms with Gasteiger partial charge in [0, 0.05) is 37.1 Å². The lowest BCUT2D eigenvalue weighted by Gasteiger charge is -2.34. The molecule has 0 atom stereocenters. The van der Waals surface area contributed by atoms with Crippen LogP contribution in [0.2, 0.25) is 0 Å². The predicted molar refractivity (Wildman–Crippen MR) is 121 cm³/mol. The summed E-state index contributed by atoms with van der Waals surface area (Å²) in [4.78, 5) is 33.5. The van der Waals surface area contributed by atoms with Crippen LogP contribution in [0, 0.1) is 5.82 Å². The Kier molecular flexibility index (Phi) is 6.80. The molecular weight excluding hydrogens is 429 g/mol. The normalized spacial score (nSPS) is 13.8. The van der Waals surface area contributed by atoms with Gasteiger partial charge in [0.1, 0.15) is 16.6 Å². The molecule has 0 bridgehead atoms. The van der Waals surface area contributed by atoms with Gasteiger partial charge < -0.3 is 14.5 Å². The molecule has 0 spiro atoms. The van der Waals surface area contributed by atoms with Crippen molar-refractivity contribution in [3.63, 3.8) is 0 Å². The second kappa shape index (κ2) is 9.91. The first-order valence-corrected chi connectivity index (χ1v) is 11.4. The number of thiazole rings is 1. The number of amides is 2. The number of hydrogen-bond acceptors (Lipinski definition) is 5. The molecule has 8 heteroatoms. The van der Waals surface area contributed by atoms with E-state index >= 15 is 0 Å². The number of carbonyl (C=O) groups excluding carboxylic acids is 2. The van der Waals surface area contributed by atoms with Gasteiger partial charge in [-0.05, 0) is 43.3 Å². The Bertz CT molecular complexity index is 1090. The Morgan fingerprint density at radius 1 is 1.03 bits per heavy atom. The molecule has 2 amide bonds. The average Bonchev–Trinajstić information content (AvgIpc) is 3.28. The maximum atomic E-state index is 13.1. The highest BCUT2D eigenvalue weighted by Crippen LogP contribution is 2.32. The molecule has 3 aromatic rings. The van der Waals surface area contributed by atoms with Gasteiger partial charge in [0.05, 0.1) is 24.3 Å². The van der Waals surface area contributed by atoms with Crippen LogP contribution in [0.3, 0.4) is 0 Å². The smallest absolute Gasteiger partial charge is 0.253 e. The Morgan fingerprint density at radius 2 is 1.72 bits per heavy atom. The van der Waals surface area contributed by atoms with Crippen molar-refractivity contribution in [2.24, 2.45) is 0 Å². The van der Waals surface area contributed by atoms with Crippen LogP contribution < -0.4 is 4.74 Å². The average molecular weight is 454 g/mol. The summed E-state index contributed by atoms with van der Waals surface area (Å²) in [6.07, 6.45) is 0.221. The second-order valence-electron chi connectivity index (χ2n) is 7.43. The lowest BCUT2D eigenvalue weighted by molar-refractivity contribution is -0.132. The Hall–Kier alpha value is -3.26. The number of hydrogen-bond donors (Lipinski definition) is 0. The molecule has 0 N–H and O–H groups in total. The van der Waals surface area contributed by atoms with Crippen molar-refractivity contribution in [1.29, 1.82) is 0 Å². The van der Waals surface area contributed by atoms with Gasteiger partial charge in [-0.3, -0.25) is 9.59 Å². The molecular formula is C24H24FN3O3S. The van der Waals surface area contributed by atoms with E-state index in [-0.39, 0.29) is 24.1 Å². The minimum atomic E-state index is -0.372. The zero-order valence-electron chi connectivity index (χ0n) is 17.8. The van der Waals surface area contributed by atoms with Gasteiger partial charge in [0.25, 0.3) is 5.91 Å². The zero-order chi connectivity index (χ0) is 22.5. The standard InChI is InChI=1S/C24H24FN3O3S/c1-2-31-21-6-4-3-5-20(21)23-26-19(16-32-23)15-22(29)27-11-13-28(14-12-27)24(30)17-7-9-18(25)10-8-17/h3-10,16H,2,11-15H2,1H3. The number of benzene rings is 2. The minimum Gasteiger partial charge on any atom is -0.493 e. The first-order valence-electron chi connectivity index (χ1n) is 10.5. The van der Waals surface area contributed by atoms with Crippen LogP contribution in [-0.2, 0) is 11.2 Å². The molecule has 1 fully saturated rings. The highest BCUT2D eigenvalue weighted by molar-refractivity contribution is 7.13. The number of para-hydroxylation sites is 1. The lowest BCUT2D eigenvalue weighted by Crippen LogP contribution is -2.51. The molecule has 1 aromatic heterocycles. The highest BCUT2D eigenvalue weighted by Gasteiger charge is 2.25. The molecule has 1 aliphatic heterocycles. The van der Waals surface area contributed by atoms with Gasteiger partial charge in [0.2, 0.25) is 5.91 Å². The number of rotatable bonds is 6. The molecule has 0 radical (unpaired) electrons. The number of piperazine rings is 1. The molecule has 0 aliphatic carbocycles. The van der Waals surface area contributed by atoms with Crippen LogP contribution in [-0.4, -0.2) is 59.4 Å². The Balaban J connectivity index is 1.34. The summed E-state index contributed by atoms with van der Waals surface area (Å²) in [5.41, 5.74) is 2.10. The van der Waals surface area contributed by atoms with Gasteiger partial charge in [-0.15, -0.1) is 11.3 Å². The third-order valence-electron chi connectivity index (χ3n) is 5.31. The topological polar surface area (TPSA) is 62.7 Å². The Morgan fingerprint density at radius 3 is 2.44 bits per heavy atom. The summed E-state index contributed by atoms with van der Waals surface area (Å²) in [6.45, 7) is 4.35. The van der Waals surface area contributed by atoms with Crippen molar-refractivity contribution in [3.05, 3.63) is 71.0 Å². The van der Waals surface area contributed by atoms with E-state index in [1.165, 1.54) is 35.6 Å². The summed E-state index contributed by atoms with van der Waals surface area (Å²) >= 11 is 1.49. The molecule has 2 aromatic carbocycles. The van der Waals surface area contributed by atoms with Gasteiger partial charge in [-0.1, -0.05) is 12.1 Å². The summed E-state index contributed by atoms with van der Waals surface area (Å²) < 4.78 is 18.8. The minimum absolute atomic E-state index is 0.00572. The van der Waals surface area contributed by atoms with Gasteiger partial charge in [0.15, 0.2) is 0 Å². The molecule has 1 saturated heterocycles. The molecule has 0 saturated carbocycles. The maximum Gasteiger partial charge on any atom is 0.253 e.